The first-order chi connectivity index (χ1) is 16.5. The number of amides is 2. The van der Waals surface area contributed by atoms with Crippen LogP contribution in [0.1, 0.15) is 28.9 Å². The average molecular weight is 475 g/mol. The molecular formula is C24H22N6O3S. The lowest BCUT2D eigenvalue weighted by Crippen LogP contribution is -2.28. The molecule has 0 unspecified atom stereocenters. The van der Waals surface area contributed by atoms with E-state index in [1.54, 1.807) is 36.4 Å². The highest BCUT2D eigenvalue weighted by molar-refractivity contribution is 7.99. The van der Waals surface area contributed by atoms with Crippen LogP contribution in [0.25, 0.3) is 5.69 Å². The molecule has 1 aromatic heterocycles. The number of benzene rings is 3. The summed E-state index contributed by atoms with van der Waals surface area (Å²) in [6.07, 6.45) is 0. The molecule has 0 fully saturated rings. The second-order valence-corrected chi connectivity index (χ2v) is 8.32. The van der Waals surface area contributed by atoms with Crippen LogP contribution >= 0.6 is 11.8 Å². The maximum atomic E-state index is 12.9. The van der Waals surface area contributed by atoms with Crippen molar-refractivity contribution in [3.05, 3.63) is 90.0 Å². The van der Waals surface area contributed by atoms with E-state index >= 15 is 0 Å². The Morgan fingerprint density at radius 1 is 1.00 bits per heavy atom. The number of rotatable bonds is 8. The highest BCUT2D eigenvalue weighted by Gasteiger charge is 2.17. The summed E-state index contributed by atoms with van der Waals surface area (Å²) in [5.41, 5.74) is 2.43. The molecule has 3 N–H and O–H groups in total. The molecule has 4 aromatic rings. The normalized spacial score (nSPS) is 11.6. The maximum Gasteiger partial charge on any atom is 0.253 e. The zero-order chi connectivity index (χ0) is 23.9. The highest BCUT2D eigenvalue weighted by Crippen LogP contribution is 2.22. The van der Waals surface area contributed by atoms with E-state index in [1.807, 2.05) is 37.3 Å². The van der Waals surface area contributed by atoms with Crippen LogP contribution in [0.15, 0.2) is 84.0 Å². The zero-order valence-corrected chi connectivity index (χ0v) is 19.1. The zero-order valence-electron chi connectivity index (χ0n) is 18.3. The molecule has 9 nitrogen and oxygen atoms in total. The minimum absolute atomic E-state index is 0.0365. The van der Waals surface area contributed by atoms with E-state index in [2.05, 4.69) is 26.2 Å². The number of aromatic nitrogens is 4. The lowest BCUT2D eigenvalue weighted by atomic mass is 10.1. The van der Waals surface area contributed by atoms with Gasteiger partial charge in [0.1, 0.15) is 5.75 Å². The van der Waals surface area contributed by atoms with E-state index in [-0.39, 0.29) is 29.4 Å². The molecule has 0 saturated carbocycles. The second kappa shape index (κ2) is 10.6. The van der Waals surface area contributed by atoms with E-state index < -0.39 is 0 Å². The standard InChI is InChI=1S/C24H22N6O3S/c1-16(17-7-3-2-4-8-17)25-23(33)20-9-5-6-10-21(20)26-22(32)15-34-24-27-28-29-30(24)18-11-13-19(31)14-12-18/h2-14,16,31H,15H2,1H3,(H,25,33)(H,26,32)/t16-/m0/s1. The monoisotopic (exact) mass is 474 g/mol. The van der Waals surface area contributed by atoms with Crippen LogP contribution in [0, 0.1) is 0 Å². The van der Waals surface area contributed by atoms with E-state index in [4.69, 9.17) is 0 Å². The molecule has 0 aliphatic carbocycles. The molecule has 0 aliphatic heterocycles. The van der Waals surface area contributed by atoms with Gasteiger partial charge in [0.2, 0.25) is 11.1 Å². The summed E-state index contributed by atoms with van der Waals surface area (Å²) in [4.78, 5) is 25.5. The van der Waals surface area contributed by atoms with E-state index in [1.165, 1.54) is 16.8 Å². The van der Waals surface area contributed by atoms with Crippen molar-refractivity contribution >= 4 is 29.3 Å². The van der Waals surface area contributed by atoms with Gasteiger partial charge in [-0.25, -0.2) is 0 Å². The molecule has 0 spiro atoms. The summed E-state index contributed by atoms with van der Waals surface area (Å²) in [7, 11) is 0. The number of hydrogen-bond donors (Lipinski definition) is 3. The Labute approximate surface area is 200 Å². The minimum atomic E-state index is -0.304. The number of nitrogens with one attached hydrogen (secondary N) is 2. The first-order valence-corrected chi connectivity index (χ1v) is 11.4. The van der Waals surface area contributed by atoms with Crippen molar-refractivity contribution < 1.29 is 14.7 Å². The number of nitrogens with zero attached hydrogens (tertiary/aromatic N) is 4. The Morgan fingerprint density at radius 2 is 1.71 bits per heavy atom. The fourth-order valence-corrected chi connectivity index (χ4v) is 3.92. The topological polar surface area (TPSA) is 122 Å². The molecule has 0 radical (unpaired) electrons. The number of carbonyl (C=O) groups is 2. The van der Waals surface area contributed by atoms with Crippen LogP contribution in [0.4, 0.5) is 5.69 Å². The fourth-order valence-electron chi connectivity index (χ4n) is 3.23. The van der Waals surface area contributed by atoms with Crippen LogP contribution in [-0.2, 0) is 4.79 Å². The molecule has 34 heavy (non-hydrogen) atoms. The van der Waals surface area contributed by atoms with Crippen LogP contribution in [0.3, 0.4) is 0 Å². The van der Waals surface area contributed by atoms with Gasteiger partial charge in [-0.05, 0) is 59.3 Å². The van der Waals surface area contributed by atoms with Crippen LogP contribution in [-0.4, -0.2) is 42.9 Å². The Kier molecular flexibility index (Phi) is 7.19. The largest absolute Gasteiger partial charge is 0.508 e. The van der Waals surface area contributed by atoms with Gasteiger partial charge in [0.25, 0.3) is 5.91 Å². The van der Waals surface area contributed by atoms with Crippen molar-refractivity contribution in [2.75, 3.05) is 11.1 Å². The van der Waals surface area contributed by atoms with Gasteiger partial charge in [0, 0.05) is 0 Å². The fraction of sp³-hybridized carbons (Fsp3) is 0.125. The van der Waals surface area contributed by atoms with Crippen molar-refractivity contribution in [2.45, 2.75) is 18.1 Å². The molecule has 3 aromatic carbocycles. The van der Waals surface area contributed by atoms with Crippen molar-refractivity contribution in [1.82, 2.24) is 25.5 Å². The molecule has 2 amide bonds. The smallest absolute Gasteiger partial charge is 0.253 e. The third-order valence-corrected chi connectivity index (χ3v) is 5.88. The van der Waals surface area contributed by atoms with Gasteiger partial charge >= 0.3 is 0 Å². The van der Waals surface area contributed by atoms with E-state index in [9.17, 15) is 14.7 Å². The molecule has 172 valence electrons. The summed E-state index contributed by atoms with van der Waals surface area (Å²) < 4.78 is 1.48. The number of para-hydroxylation sites is 1. The Bertz CT molecular complexity index is 1280. The van der Waals surface area contributed by atoms with Gasteiger partial charge < -0.3 is 15.7 Å². The van der Waals surface area contributed by atoms with Crippen molar-refractivity contribution in [3.8, 4) is 11.4 Å². The van der Waals surface area contributed by atoms with Crippen LogP contribution < -0.4 is 10.6 Å². The number of anilines is 1. The summed E-state index contributed by atoms with van der Waals surface area (Å²) in [5, 5.41) is 27.2. The molecular weight excluding hydrogens is 452 g/mol. The summed E-state index contributed by atoms with van der Waals surface area (Å²) in [5.74, 6) is -0.418. The van der Waals surface area contributed by atoms with Crippen molar-refractivity contribution in [3.63, 3.8) is 0 Å². The van der Waals surface area contributed by atoms with Crippen molar-refractivity contribution in [2.24, 2.45) is 0 Å². The predicted octanol–water partition coefficient (Wildman–Crippen LogP) is 3.59. The van der Waals surface area contributed by atoms with Gasteiger partial charge in [-0.3, -0.25) is 9.59 Å². The predicted molar refractivity (Wildman–Crippen MR) is 129 cm³/mol. The van der Waals surface area contributed by atoms with Gasteiger partial charge in [-0.15, -0.1) is 5.10 Å². The highest BCUT2D eigenvalue weighted by atomic mass is 32.2. The lowest BCUT2D eigenvalue weighted by Gasteiger charge is -2.16. The Balaban J connectivity index is 1.39. The van der Waals surface area contributed by atoms with Crippen LogP contribution in [0.2, 0.25) is 0 Å². The first kappa shape index (κ1) is 23.0. The van der Waals surface area contributed by atoms with Gasteiger partial charge in [-0.2, -0.15) is 4.68 Å². The molecule has 1 atom stereocenters. The lowest BCUT2D eigenvalue weighted by molar-refractivity contribution is -0.113. The van der Waals surface area contributed by atoms with Gasteiger partial charge in [0.15, 0.2) is 0 Å². The number of hydrogen-bond acceptors (Lipinski definition) is 7. The number of phenols is 1. The molecule has 4 rings (SSSR count). The van der Waals surface area contributed by atoms with Gasteiger partial charge in [-0.1, -0.05) is 54.2 Å². The average Bonchev–Trinajstić information content (AvgIpc) is 3.32. The summed E-state index contributed by atoms with van der Waals surface area (Å²) in [6, 6.07) is 22.7. The molecule has 10 heteroatoms. The minimum Gasteiger partial charge on any atom is -0.508 e. The second-order valence-electron chi connectivity index (χ2n) is 7.38. The van der Waals surface area contributed by atoms with Crippen molar-refractivity contribution in [1.29, 1.82) is 0 Å². The maximum absolute atomic E-state index is 12.9. The number of thioether (sulfide) groups is 1. The SMILES string of the molecule is C[C@H](NC(=O)c1ccccc1NC(=O)CSc1nnnn1-c1ccc(O)cc1)c1ccccc1. The summed E-state index contributed by atoms with van der Waals surface area (Å²) in [6.45, 7) is 1.91. The summed E-state index contributed by atoms with van der Waals surface area (Å²) >= 11 is 1.15. The van der Waals surface area contributed by atoms with Crippen LogP contribution in [0.5, 0.6) is 5.75 Å². The van der Waals surface area contributed by atoms with E-state index in [0.717, 1.165) is 17.3 Å². The molecule has 0 aliphatic rings. The molecule has 0 bridgehead atoms. The molecule has 0 saturated heterocycles. The third kappa shape index (κ3) is 5.59. The molecule has 1 heterocycles. The quantitative estimate of drug-likeness (QED) is 0.334. The number of tetrazole rings is 1. The van der Waals surface area contributed by atoms with Gasteiger partial charge in [0.05, 0.1) is 28.7 Å². The third-order valence-electron chi connectivity index (χ3n) is 4.96. The Morgan fingerprint density at radius 3 is 2.47 bits per heavy atom. The Hall–Kier alpha value is -4.18. The first-order valence-electron chi connectivity index (χ1n) is 10.5. The number of carbonyl (C=O) groups excluding carboxylic acids is 2. The number of phenolic OH excluding ortho intramolecular Hbond substituents is 1. The number of aromatic hydroxyl groups is 1. The van der Waals surface area contributed by atoms with E-state index in [0.29, 0.717) is 22.1 Å².